The number of para-hydroxylation sites is 2. The second-order valence-corrected chi connectivity index (χ2v) is 10.1. The van der Waals surface area contributed by atoms with Gasteiger partial charge in [0.25, 0.3) is 11.8 Å². The molecule has 190 valence electrons. The number of hydrogen-bond acceptors (Lipinski definition) is 4. The SMILES string of the molecule is COCC12CCCCN(C(=O)c3cc4ccccc4[nH]3)CCOc3ccccc3C(=O)N(CC1)CC2. The van der Waals surface area contributed by atoms with Crippen molar-refractivity contribution in [2.45, 2.75) is 32.1 Å². The first-order valence-corrected chi connectivity index (χ1v) is 13.0. The molecule has 3 aromatic rings. The highest BCUT2D eigenvalue weighted by molar-refractivity contribution is 5.98. The number of piperidine rings is 1. The normalized spacial score (nSPS) is 18.9. The van der Waals surface area contributed by atoms with E-state index in [2.05, 4.69) is 4.98 Å². The predicted molar refractivity (Wildman–Crippen MR) is 139 cm³/mol. The van der Waals surface area contributed by atoms with Crippen LogP contribution in [0.3, 0.4) is 0 Å². The van der Waals surface area contributed by atoms with Crippen molar-refractivity contribution in [2.75, 3.05) is 46.5 Å². The predicted octanol–water partition coefficient (Wildman–Crippen LogP) is 4.74. The maximum Gasteiger partial charge on any atom is 0.270 e. The lowest BCUT2D eigenvalue weighted by Crippen LogP contribution is -2.45. The molecule has 1 N–H and O–H groups in total. The zero-order valence-electron chi connectivity index (χ0n) is 21.0. The van der Waals surface area contributed by atoms with Crippen LogP contribution in [0.1, 0.15) is 53.0 Å². The van der Waals surface area contributed by atoms with Gasteiger partial charge in [-0.3, -0.25) is 9.59 Å². The number of H-pyrrole nitrogens is 1. The fraction of sp³-hybridized carbons (Fsp3) is 0.448. The molecule has 0 radical (unpaired) electrons. The van der Waals surface area contributed by atoms with Crippen molar-refractivity contribution in [3.8, 4) is 5.75 Å². The molecule has 0 spiro atoms. The Labute approximate surface area is 212 Å². The van der Waals surface area contributed by atoms with E-state index in [4.69, 9.17) is 9.47 Å². The smallest absolute Gasteiger partial charge is 0.270 e. The van der Waals surface area contributed by atoms with Crippen LogP contribution in [0.25, 0.3) is 10.9 Å². The van der Waals surface area contributed by atoms with E-state index in [-0.39, 0.29) is 17.2 Å². The molecule has 1 saturated heterocycles. The van der Waals surface area contributed by atoms with Crippen LogP contribution in [0, 0.1) is 5.41 Å². The third-order valence-corrected chi connectivity index (χ3v) is 7.73. The summed E-state index contributed by atoms with van der Waals surface area (Å²) in [5, 5.41) is 1.02. The van der Waals surface area contributed by atoms with E-state index < -0.39 is 0 Å². The molecule has 0 unspecified atom stereocenters. The van der Waals surface area contributed by atoms with Gasteiger partial charge in [-0.05, 0) is 55.4 Å². The van der Waals surface area contributed by atoms with Gasteiger partial charge in [-0.15, -0.1) is 0 Å². The van der Waals surface area contributed by atoms with Crippen LogP contribution in [-0.2, 0) is 4.74 Å². The third-order valence-electron chi connectivity index (χ3n) is 7.73. The Hall–Kier alpha value is -3.32. The van der Waals surface area contributed by atoms with Crippen molar-refractivity contribution in [3.05, 3.63) is 65.9 Å². The monoisotopic (exact) mass is 489 g/mol. The first-order valence-electron chi connectivity index (χ1n) is 13.0. The number of aromatic nitrogens is 1. The van der Waals surface area contributed by atoms with Gasteiger partial charge < -0.3 is 24.3 Å². The Bertz CT molecular complexity index is 1180. The Morgan fingerprint density at radius 2 is 1.78 bits per heavy atom. The minimum atomic E-state index is -0.0258. The molecule has 4 heterocycles. The molecule has 1 fully saturated rings. The number of benzene rings is 2. The number of amides is 2. The summed E-state index contributed by atoms with van der Waals surface area (Å²) >= 11 is 0. The van der Waals surface area contributed by atoms with E-state index in [0.717, 1.165) is 56.1 Å². The lowest BCUT2D eigenvalue weighted by Gasteiger charge is -2.41. The molecule has 0 saturated carbocycles. The highest BCUT2D eigenvalue weighted by atomic mass is 16.5. The largest absolute Gasteiger partial charge is 0.491 e. The molecule has 3 aliphatic rings. The molecule has 3 aliphatic heterocycles. The van der Waals surface area contributed by atoms with Gasteiger partial charge in [0.1, 0.15) is 18.1 Å². The van der Waals surface area contributed by atoms with Crippen LogP contribution in [0.5, 0.6) is 5.75 Å². The number of ether oxygens (including phenoxy) is 2. The fourth-order valence-corrected chi connectivity index (χ4v) is 5.64. The van der Waals surface area contributed by atoms with Gasteiger partial charge >= 0.3 is 0 Å². The topological polar surface area (TPSA) is 74.9 Å². The average Bonchev–Trinajstić information content (AvgIpc) is 3.34. The van der Waals surface area contributed by atoms with Crippen LogP contribution in [0.2, 0.25) is 0 Å². The first kappa shape index (κ1) is 24.4. The van der Waals surface area contributed by atoms with E-state index in [1.54, 1.807) is 7.11 Å². The van der Waals surface area contributed by atoms with E-state index in [0.29, 0.717) is 43.3 Å². The summed E-state index contributed by atoms with van der Waals surface area (Å²) in [6.45, 7) is 3.58. The minimum absolute atomic E-state index is 0.0116. The Kier molecular flexibility index (Phi) is 7.28. The van der Waals surface area contributed by atoms with Crippen molar-refractivity contribution >= 4 is 22.7 Å². The van der Waals surface area contributed by atoms with Gasteiger partial charge in [0.2, 0.25) is 0 Å². The number of fused-ring (bicyclic) bond motifs is 10. The molecular weight excluding hydrogens is 454 g/mol. The number of nitrogens with one attached hydrogen (secondary N) is 1. The molecule has 2 aromatic carbocycles. The third kappa shape index (κ3) is 5.12. The van der Waals surface area contributed by atoms with E-state index >= 15 is 0 Å². The maximum atomic E-state index is 13.5. The highest BCUT2D eigenvalue weighted by Gasteiger charge is 2.36. The summed E-state index contributed by atoms with van der Waals surface area (Å²) in [6.07, 6.45) is 4.80. The van der Waals surface area contributed by atoms with Crippen LogP contribution in [-0.4, -0.2) is 73.1 Å². The van der Waals surface area contributed by atoms with E-state index in [9.17, 15) is 9.59 Å². The number of methoxy groups -OCH3 is 1. The lowest BCUT2D eigenvalue weighted by atomic mass is 9.75. The number of nitrogens with zero attached hydrogens (tertiary/aromatic N) is 2. The van der Waals surface area contributed by atoms with Gasteiger partial charge in [0.15, 0.2) is 0 Å². The zero-order chi connectivity index (χ0) is 25.0. The Morgan fingerprint density at radius 3 is 2.58 bits per heavy atom. The average molecular weight is 490 g/mol. The van der Waals surface area contributed by atoms with Gasteiger partial charge in [0.05, 0.1) is 18.7 Å². The number of carbonyl (C=O) groups excluding carboxylic acids is 2. The lowest BCUT2D eigenvalue weighted by molar-refractivity contribution is 0.0136. The van der Waals surface area contributed by atoms with Crippen molar-refractivity contribution in [3.63, 3.8) is 0 Å². The van der Waals surface area contributed by atoms with Crippen LogP contribution in [0.4, 0.5) is 0 Å². The summed E-state index contributed by atoms with van der Waals surface area (Å²) < 4.78 is 11.7. The van der Waals surface area contributed by atoms with E-state index in [1.807, 2.05) is 64.4 Å². The Balaban J connectivity index is 1.39. The molecule has 0 aliphatic carbocycles. The highest BCUT2D eigenvalue weighted by Crippen LogP contribution is 2.38. The maximum absolute atomic E-state index is 13.5. The number of carbonyl (C=O) groups is 2. The van der Waals surface area contributed by atoms with E-state index in [1.165, 1.54) is 0 Å². The van der Waals surface area contributed by atoms with Crippen molar-refractivity contribution in [2.24, 2.45) is 5.41 Å². The molecule has 6 rings (SSSR count). The van der Waals surface area contributed by atoms with Gasteiger partial charge in [-0.25, -0.2) is 0 Å². The van der Waals surface area contributed by atoms with Gasteiger partial charge in [0, 0.05) is 37.6 Å². The number of rotatable bonds is 3. The quantitative estimate of drug-likeness (QED) is 0.577. The zero-order valence-corrected chi connectivity index (χ0v) is 21.0. The molecular formula is C29H35N3O4. The summed E-state index contributed by atoms with van der Waals surface area (Å²) in [7, 11) is 1.76. The van der Waals surface area contributed by atoms with Crippen LogP contribution < -0.4 is 4.74 Å². The summed E-state index contributed by atoms with van der Waals surface area (Å²) in [5.74, 6) is 0.559. The molecule has 7 nitrogen and oxygen atoms in total. The molecule has 1 aromatic heterocycles. The standard InChI is InChI=1S/C29H35N3O4/c1-35-21-29-12-6-7-15-31(28(34)25-20-22-8-2-4-10-24(22)30-25)18-19-36-26-11-5-3-9-23(26)27(33)32(16-13-29)17-14-29/h2-5,8-11,20,30H,6-7,12-19,21H2,1H3. The van der Waals surface area contributed by atoms with Crippen LogP contribution in [0.15, 0.2) is 54.6 Å². The minimum Gasteiger partial charge on any atom is -0.491 e. The molecule has 7 heteroatoms. The second kappa shape index (κ2) is 10.7. The summed E-state index contributed by atoms with van der Waals surface area (Å²) in [5.41, 5.74) is 2.20. The van der Waals surface area contributed by atoms with Crippen molar-refractivity contribution in [1.82, 2.24) is 14.8 Å². The summed E-state index contributed by atoms with van der Waals surface area (Å²) in [4.78, 5) is 34.0. The van der Waals surface area contributed by atoms with Crippen molar-refractivity contribution < 1.29 is 19.1 Å². The second-order valence-electron chi connectivity index (χ2n) is 10.1. The Morgan fingerprint density at radius 1 is 1.00 bits per heavy atom. The number of aromatic amines is 1. The fourth-order valence-electron chi connectivity index (χ4n) is 5.64. The van der Waals surface area contributed by atoms with Gasteiger partial charge in [-0.1, -0.05) is 36.8 Å². The van der Waals surface area contributed by atoms with Gasteiger partial charge in [-0.2, -0.15) is 0 Å². The van der Waals surface area contributed by atoms with Crippen molar-refractivity contribution in [1.29, 1.82) is 0 Å². The molecule has 2 bridgehead atoms. The molecule has 36 heavy (non-hydrogen) atoms. The molecule has 2 amide bonds. The van der Waals surface area contributed by atoms with Crippen LogP contribution >= 0.6 is 0 Å². The first-order chi connectivity index (χ1) is 17.6. The summed E-state index contributed by atoms with van der Waals surface area (Å²) in [6, 6.07) is 17.3. The molecule has 0 atom stereocenters. The number of hydrogen-bond donors (Lipinski definition) is 1.